The summed E-state index contributed by atoms with van der Waals surface area (Å²) in [7, 11) is 0. The Hall–Kier alpha value is -2.86. The van der Waals surface area contributed by atoms with Crippen LogP contribution in [0.25, 0.3) is 11.3 Å². The number of hydrogen-bond donors (Lipinski definition) is 1. The highest BCUT2D eigenvalue weighted by atomic mass is 32.2. The monoisotopic (exact) mass is 377 g/mol. The summed E-state index contributed by atoms with van der Waals surface area (Å²) < 4.78 is 0. The van der Waals surface area contributed by atoms with Gasteiger partial charge in [-0.05, 0) is 17.5 Å². The molecule has 2 heterocycles. The largest absolute Gasteiger partial charge is 0.337 e. The van der Waals surface area contributed by atoms with Crippen LogP contribution in [-0.2, 0) is 17.8 Å². The molecule has 1 N–H and O–H groups in total. The number of nitrogens with one attached hydrogen (secondary N) is 1. The van der Waals surface area contributed by atoms with E-state index in [4.69, 9.17) is 0 Å². The van der Waals surface area contributed by atoms with Crippen molar-refractivity contribution in [2.75, 3.05) is 12.3 Å². The molecule has 0 radical (unpaired) electrons. The maximum absolute atomic E-state index is 12.6. The number of carbonyl (C=O) groups is 1. The molecule has 3 aromatic rings. The third kappa shape index (κ3) is 4.11. The van der Waals surface area contributed by atoms with Gasteiger partial charge in [0.05, 0.1) is 11.4 Å². The van der Waals surface area contributed by atoms with Gasteiger partial charge in [-0.2, -0.15) is 0 Å². The molecule has 136 valence electrons. The summed E-state index contributed by atoms with van der Waals surface area (Å²) in [4.78, 5) is 33.7. The van der Waals surface area contributed by atoms with Crippen LogP contribution in [0.4, 0.5) is 0 Å². The van der Waals surface area contributed by atoms with Crippen molar-refractivity contribution in [3.8, 4) is 11.3 Å². The predicted octanol–water partition coefficient (Wildman–Crippen LogP) is 3.11. The Kier molecular flexibility index (Phi) is 5.07. The van der Waals surface area contributed by atoms with Gasteiger partial charge in [-0.1, -0.05) is 66.4 Å². The van der Waals surface area contributed by atoms with Gasteiger partial charge in [-0.15, -0.1) is 0 Å². The number of H-pyrrole nitrogens is 1. The molecule has 0 unspecified atom stereocenters. The van der Waals surface area contributed by atoms with E-state index < -0.39 is 0 Å². The Morgan fingerprint density at radius 2 is 1.81 bits per heavy atom. The van der Waals surface area contributed by atoms with Gasteiger partial charge in [0.25, 0.3) is 5.56 Å². The van der Waals surface area contributed by atoms with Crippen molar-refractivity contribution >= 4 is 17.7 Å². The van der Waals surface area contributed by atoms with E-state index in [0.29, 0.717) is 17.4 Å². The van der Waals surface area contributed by atoms with Crippen molar-refractivity contribution < 1.29 is 4.79 Å². The highest BCUT2D eigenvalue weighted by Gasteiger charge is 2.20. The zero-order chi connectivity index (χ0) is 18.6. The van der Waals surface area contributed by atoms with Crippen LogP contribution in [0.1, 0.15) is 11.1 Å². The maximum Gasteiger partial charge on any atom is 0.252 e. The number of fused-ring (bicyclic) bond motifs is 1. The highest BCUT2D eigenvalue weighted by Crippen LogP contribution is 2.22. The lowest BCUT2D eigenvalue weighted by Crippen LogP contribution is -2.37. The molecule has 2 aromatic carbocycles. The van der Waals surface area contributed by atoms with Crippen molar-refractivity contribution in [1.82, 2.24) is 14.9 Å². The number of amides is 1. The van der Waals surface area contributed by atoms with Gasteiger partial charge in [0.2, 0.25) is 5.91 Å². The van der Waals surface area contributed by atoms with Gasteiger partial charge in [0, 0.05) is 24.7 Å². The number of hydrogen-bond acceptors (Lipinski definition) is 4. The molecular weight excluding hydrogens is 358 g/mol. The molecule has 0 atom stereocenters. The van der Waals surface area contributed by atoms with Crippen LogP contribution in [0, 0.1) is 0 Å². The smallest absolute Gasteiger partial charge is 0.252 e. The van der Waals surface area contributed by atoms with Crippen LogP contribution in [-0.4, -0.2) is 33.1 Å². The normalized spacial score (nSPS) is 13.3. The lowest BCUT2D eigenvalue weighted by molar-refractivity contribution is -0.129. The zero-order valence-electron chi connectivity index (χ0n) is 14.7. The molecule has 1 amide bonds. The number of carbonyl (C=O) groups excluding carboxylic acids is 1. The summed E-state index contributed by atoms with van der Waals surface area (Å²) in [6.45, 7) is 1.37. The van der Waals surface area contributed by atoms with E-state index in [1.165, 1.54) is 29.0 Å². The molecular formula is C21H19N3O2S. The first-order valence-electron chi connectivity index (χ1n) is 8.83. The quantitative estimate of drug-likeness (QED) is 0.560. The molecule has 0 aliphatic carbocycles. The van der Waals surface area contributed by atoms with Crippen molar-refractivity contribution in [3.63, 3.8) is 0 Å². The second-order valence-electron chi connectivity index (χ2n) is 6.42. The Morgan fingerprint density at radius 3 is 2.63 bits per heavy atom. The molecule has 6 heteroatoms. The number of aromatic nitrogens is 2. The van der Waals surface area contributed by atoms with E-state index >= 15 is 0 Å². The van der Waals surface area contributed by atoms with Crippen LogP contribution in [0.5, 0.6) is 0 Å². The van der Waals surface area contributed by atoms with Crippen molar-refractivity contribution in [2.45, 2.75) is 18.1 Å². The fourth-order valence-electron chi connectivity index (χ4n) is 3.19. The Morgan fingerprint density at radius 1 is 1.07 bits per heavy atom. The summed E-state index contributed by atoms with van der Waals surface area (Å²) in [6.07, 6.45) is 0.880. The average molecular weight is 377 g/mol. The third-order valence-corrected chi connectivity index (χ3v) is 5.46. The first-order chi connectivity index (χ1) is 13.2. The predicted molar refractivity (Wildman–Crippen MR) is 107 cm³/mol. The van der Waals surface area contributed by atoms with Gasteiger partial charge in [-0.25, -0.2) is 4.98 Å². The minimum absolute atomic E-state index is 0.0577. The van der Waals surface area contributed by atoms with Gasteiger partial charge in [-0.3, -0.25) is 9.59 Å². The molecule has 27 heavy (non-hydrogen) atoms. The van der Waals surface area contributed by atoms with E-state index in [1.807, 2.05) is 47.4 Å². The maximum atomic E-state index is 12.6. The van der Waals surface area contributed by atoms with Crippen LogP contribution in [0.3, 0.4) is 0 Å². The SMILES string of the molecule is O=C(CSc1nc(-c2ccccc2)cc(=O)[nH]1)N1CCc2ccccc2C1. The Balaban J connectivity index is 1.44. The van der Waals surface area contributed by atoms with Crippen molar-refractivity contribution in [2.24, 2.45) is 0 Å². The van der Waals surface area contributed by atoms with Gasteiger partial charge in [0.1, 0.15) is 0 Å². The van der Waals surface area contributed by atoms with E-state index in [1.54, 1.807) is 0 Å². The van der Waals surface area contributed by atoms with Gasteiger partial charge < -0.3 is 9.88 Å². The standard InChI is InChI=1S/C21H19N3O2S/c25-19-12-18(16-7-2-1-3-8-16)22-21(23-19)27-14-20(26)24-11-10-15-6-4-5-9-17(15)13-24/h1-9,12H,10-11,13-14H2,(H,22,23,25). The average Bonchev–Trinajstić information content (AvgIpc) is 2.72. The molecule has 0 saturated heterocycles. The van der Waals surface area contributed by atoms with E-state index in [0.717, 1.165) is 18.5 Å². The number of aromatic amines is 1. The van der Waals surface area contributed by atoms with Gasteiger partial charge >= 0.3 is 0 Å². The summed E-state index contributed by atoms with van der Waals surface area (Å²) in [5.74, 6) is 0.311. The lowest BCUT2D eigenvalue weighted by atomic mass is 10.00. The highest BCUT2D eigenvalue weighted by molar-refractivity contribution is 7.99. The second-order valence-corrected chi connectivity index (χ2v) is 7.39. The molecule has 0 fully saturated rings. The van der Waals surface area contributed by atoms with Crippen molar-refractivity contribution in [3.05, 3.63) is 82.1 Å². The summed E-state index contributed by atoms with van der Waals surface area (Å²) in [6, 6.07) is 19.3. The van der Waals surface area contributed by atoms with Crippen LogP contribution in [0.2, 0.25) is 0 Å². The lowest BCUT2D eigenvalue weighted by Gasteiger charge is -2.28. The fraction of sp³-hybridized carbons (Fsp3) is 0.190. The van der Waals surface area contributed by atoms with Crippen LogP contribution >= 0.6 is 11.8 Å². The Bertz CT molecular complexity index is 1020. The third-order valence-electron chi connectivity index (χ3n) is 4.61. The first-order valence-corrected chi connectivity index (χ1v) is 9.82. The van der Waals surface area contributed by atoms with E-state index in [9.17, 15) is 9.59 Å². The summed E-state index contributed by atoms with van der Waals surface area (Å²) in [5.41, 5.74) is 3.80. The number of nitrogens with zero attached hydrogens (tertiary/aromatic N) is 2. The molecule has 5 nitrogen and oxygen atoms in total. The van der Waals surface area contributed by atoms with Crippen LogP contribution < -0.4 is 5.56 Å². The number of thioether (sulfide) groups is 1. The molecule has 1 aromatic heterocycles. The van der Waals surface area contributed by atoms with Gasteiger partial charge in [0.15, 0.2) is 5.16 Å². The van der Waals surface area contributed by atoms with E-state index in [-0.39, 0.29) is 17.2 Å². The summed E-state index contributed by atoms with van der Waals surface area (Å²) in [5, 5.41) is 0.465. The molecule has 1 aliphatic heterocycles. The molecule has 1 aliphatic rings. The zero-order valence-corrected chi connectivity index (χ0v) is 15.5. The molecule has 0 bridgehead atoms. The summed E-state index contributed by atoms with van der Waals surface area (Å²) >= 11 is 1.27. The molecule has 0 saturated carbocycles. The molecule has 4 rings (SSSR count). The van der Waals surface area contributed by atoms with E-state index in [2.05, 4.69) is 22.1 Å². The first kappa shape index (κ1) is 17.5. The minimum atomic E-state index is -0.217. The van der Waals surface area contributed by atoms with Crippen LogP contribution in [0.15, 0.2) is 70.6 Å². The number of rotatable bonds is 4. The fourth-order valence-corrected chi connectivity index (χ4v) is 3.97. The minimum Gasteiger partial charge on any atom is -0.337 e. The van der Waals surface area contributed by atoms with Crippen molar-refractivity contribution in [1.29, 1.82) is 0 Å². The number of benzene rings is 2. The Labute approximate surface area is 161 Å². The second kappa shape index (κ2) is 7.80. The molecule has 0 spiro atoms. The topological polar surface area (TPSA) is 66.1 Å².